The van der Waals surface area contributed by atoms with E-state index in [1.807, 2.05) is 91.0 Å². The van der Waals surface area contributed by atoms with Crippen LogP contribution >= 0.6 is 0 Å². The first-order valence-corrected chi connectivity index (χ1v) is 12.8. The second-order valence-electron chi connectivity index (χ2n) is 8.91. The molecule has 0 amide bonds. The maximum atomic E-state index is 6.58. The number of benzene rings is 4. The Morgan fingerprint density at radius 1 is 0.700 bits per heavy atom. The SMILES string of the molecule is COc1ccc(-c2oc3cc(OC)cc(OC)c3c2C(C#Cc2ccccc2)OCc2ccccc2OC)cc1. The molecule has 0 aliphatic heterocycles. The van der Waals surface area contributed by atoms with Gasteiger partial charge in [-0.05, 0) is 42.5 Å². The monoisotopic (exact) mass is 534 g/mol. The second kappa shape index (κ2) is 12.3. The lowest BCUT2D eigenvalue weighted by Gasteiger charge is -2.16. The van der Waals surface area contributed by atoms with E-state index >= 15 is 0 Å². The van der Waals surface area contributed by atoms with Gasteiger partial charge in [0.25, 0.3) is 0 Å². The number of fused-ring (bicyclic) bond motifs is 1. The molecule has 5 rings (SSSR count). The van der Waals surface area contributed by atoms with Crippen LogP contribution in [0.2, 0.25) is 0 Å². The summed E-state index contributed by atoms with van der Waals surface area (Å²) in [6, 6.07) is 28.9. The van der Waals surface area contributed by atoms with Crippen LogP contribution in [0.4, 0.5) is 0 Å². The van der Waals surface area contributed by atoms with E-state index < -0.39 is 6.10 Å². The van der Waals surface area contributed by atoms with Crippen molar-refractivity contribution in [1.82, 2.24) is 0 Å². The molecule has 202 valence electrons. The van der Waals surface area contributed by atoms with Crippen molar-refractivity contribution >= 4 is 11.0 Å². The Bertz CT molecular complexity index is 1640. The lowest BCUT2D eigenvalue weighted by atomic mass is 9.99. The predicted octanol–water partition coefficient (Wildman–Crippen LogP) is 7.44. The van der Waals surface area contributed by atoms with Crippen LogP contribution in [0, 0.1) is 11.8 Å². The van der Waals surface area contributed by atoms with Gasteiger partial charge in [0.15, 0.2) is 0 Å². The lowest BCUT2D eigenvalue weighted by molar-refractivity contribution is 0.0774. The molecule has 6 heteroatoms. The van der Waals surface area contributed by atoms with Gasteiger partial charge in [0.05, 0.1) is 46.0 Å². The molecule has 0 saturated carbocycles. The zero-order chi connectivity index (χ0) is 27.9. The van der Waals surface area contributed by atoms with E-state index in [4.69, 9.17) is 28.1 Å². The third-order valence-electron chi connectivity index (χ3n) is 6.55. The molecule has 0 aliphatic rings. The summed E-state index contributed by atoms with van der Waals surface area (Å²) >= 11 is 0. The lowest BCUT2D eigenvalue weighted by Crippen LogP contribution is -2.05. The van der Waals surface area contributed by atoms with Crippen LogP contribution in [0.25, 0.3) is 22.3 Å². The van der Waals surface area contributed by atoms with Crippen LogP contribution in [0.15, 0.2) is 95.4 Å². The molecule has 0 N–H and O–H groups in total. The van der Waals surface area contributed by atoms with Crippen molar-refractivity contribution in [3.8, 4) is 46.2 Å². The highest BCUT2D eigenvalue weighted by molar-refractivity contribution is 5.95. The minimum atomic E-state index is -0.675. The summed E-state index contributed by atoms with van der Waals surface area (Å²) in [6.07, 6.45) is -0.675. The molecule has 0 bridgehead atoms. The average molecular weight is 535 g/mol. The Labute approximate surface area is 234 Å². The maximum Gasteiger partial charge on any atom is 0.148 e. The van der Waals surface area contributed by atoms with Gasteiger partial charge >= 0.3 is 0 Å². The Morgan fingerprint density at radius 3 is 2.10 bits per heavy atom. The fraction of sp³-hybridized carbons (Fsp3) is 0.176. The topological polar surface area (TPSA) is 59.3 Å². The van der Waals surface area contributed by atoms with Crippen molar-refractivity contribution in [2.75, 3.05) is 28.4 Å². The van der Waals surface area contributed by atoms with Crippen LogP contribution in [-0.2, 0) is 11.3 Å². The summed E-state index contributed by atoms with van der Waals surface area (Å²) in [5.74, 6) is 9.98. The number of rotatable bonds is 9. The molecule has 1 aromatic heterocycles. The van der Waals surface area contributed by atoms with Crippen LogP contribution in [0.5, 0.6) is 23.0 Å². The van der Waals surface area contributed by atoms with Crippen molar-refractivity contribution in [3.63, 3.8) is 0 Å². The summed E-state index contributed by atoms with van der Waals surface area (Å²) in [5, 5.41) is 0.765. The summed E-state index contributed by atoms with van der Waals surface area (Å²) in [7, 11) is 6.52. The van der Waals surface area contributed by atoms with E-state index in [2.05, 4.69) is 11.8 Å². The minimum absolute atomic E-state index is 0.269. The second-order valence-corrected chi connectivity index (χ2v) is 8.91. The standard InChI is InChI=1S/C34H30O6/c1-35-26-17-15-24(16-18-26)34-33(32-30(38-4)20-27(36-2)21-31(32)40-34)29(19-14-23-10-6-5-7-11-23)39-22-25-12-8-9-13-28(25)37-3/h5-13,15-18,20-21,29H,22H2,1-4H3. The zero-order valence-electron chi connectivity index (χ0n) is 22.9. The summed E-state index contributed by atoms with van der Waals surface area (Å²) in [6.45, 7) is 0.269. The first-order valence-electron chi connectivity index (χ1n) is 12.8. The van der Waals surface area contributed by atoms with Gasteiger partial charge in [0.1, 0.15) is 40.4 Å². The highest BCUT2D eigenvalue weighted by atomic mass is 16.5. The summed E-state index contributed by atoms with van der Waals surface area (Å²) < 4.78 is 35.4. The fourth-order valence-electron chi connectivity index (χ4n) is 4.54. The molecular weight excluding hydrogens is 504 g/mol. The maximum absolute atomic E-state index is 6.58. The molecule has 40 heavy (non-hydrogen) atoms. The van der Waals surface area contributed by atoms with Crippen LogP contribution in [-0.4, -0.2) is 28.4 Å². The van der Waals surface area contributed by atoms with E-state index in [1.165, 1.54) is 0 Å². The first-order chi connectivity index (χ1) is 19.6. The number of methoxy groups -OCH3 is 4. The Morgan fingerprint density at radius 2 is 1.40 bits per heavy atom. The van der Waals surface area contributed by atoms with Crippen molar-refractivity contribution in [1.29, 1.82) is 0 Å². The van der Waals surface area contributed by atoms with Gasteiger partial charge in [-0.2, -0.15) is 0 Å². The molecule has 0 radical (unpaired) electrons. The number of hydrogen-bond acceptors (Lipinski definition) is 6. The fourth-order valence-corrected chi connectivity index (χ4v) is 4.54. The molecule has 1 heterocycles. The largest absolute Gasteiger partial charge is 0.497 e. The Hall–Kier alpha value is -4.86. The van der Waals surface area contributed by atoms with Crippen LogP contribution in [0.1, 0.15) is 22.8 Å². The quantitative estimate of drug-likeness (QED) is 0.183. The normalized spacial score (nSPS) is 11.4. The molecule has 0 fully saturated rings. The van der Waals surface area contributed by atoms with E-state index in [0.29, 0.717) is 22.8 Å². The van der Waals surface area contributed by atoms with Crippen molar-refractivity contribution < 1.29 is 28.1 Å². The van der Waals surface area contributed by atoms with Crippen molar-refractivity contribution in [3.05, 3.63) is 108 Å². The zero-order valence-corrected chi connectivity index (χ0v) is 22.9. The van der Waals surface area contributed by atoms with E-state index in [9.17, 15) is 0 Å². The predicted molar refractivity (Wildman–Crippen MR) is 155 cm³/mol. The molecule has 1 atom stereocenters. The smallest absolute Gasteiger partial charge is 0.148 e. The molecule has 4 aromatic carbocycles. The first kappa shape index (κ1) is 26.7. The van der Waals surface area contributed by atoms with Gasteiger partial charge in [-0.25, -0.2) is 0 Å². The molecular formula is C34H30O6. The highest BCUT2D eigenvalue weighted by Crippen LogP contribution is 2.45. The van der Waals surface area contributed by atoms with Gasteiger partial charge < -0.3 is 28.1 Å². The van der Waals surface area contributed by atoms with Gasteiger partial charge in [-0.1, -0.05) is 48.2 Å². The molecule has 0 spiro atoms. The van der Waals surface area contributed by atoms with Crippen molar-refractivity contribution in [2.45, 2.75) is 12.7 Å². The third-order valence-corrected chi connectivity index (χ3v) is 6.55. The van der Waals surface area contributed by atoms with E-state index in [-0.39, 0.29) is 6.61 Å². The molecule has 0 aliphatic carbocycles. The van der Waals surface area contributed by atoms with Gasteiger partial charge in [0.2, 0.25) is 0 Å². The van der Waals surface area contributed by atoms with E-state index in [0.717, 1.165) is 39.1 Å². The number of furan rings is 1. The van der Waals surface area contributed by atoms with E-state index in [1.54, 1.807) is 28.4 Å². The number of hydrogen-bond donors (Lipinski definition) is 0. The molecule has 1 unspecified atom stereocenters. The third kappa shape index (κ3) is 5.61. The van der Waals surface area contributed by atoms with Crippen LogP contribution in [0.3, 0.4) is 0 Å². The van der Waals surface area contributed by atoms with Gasteiger partial charge in [-0.15, -0.1) is 0 Å². The molecule has 0 saturated heterocycles. The van der Waals surface area contributed by atoms with Crippen molar-refractivity contribution in [2.24, 2.45) is 0 Å². The van der Waals surface area contributed by atoms with Gasteiger partial charge in [-0.3, -0.25) is 0 Å². The van der Waals surface area contributed by atoms with Gasteiger partial charge in [0, 0.05) is 28.8 Å². The summed E-state index contributed by atoms with van der Waals surface area (Å²) in [4.78, 5) is 0. The highest BCUT2D eigenvalue weighted by Gasteiger charge is 2.27. The molecule has 5 aromatic rings. The average Bonchev–Trinajstić information content (AvgIpc) is 3.40. The minimum Gasteiger partial charge on any atom is -0.497 e. The Kier molecular flexibility index (Phi) is 8.24. The number of para-hydroxylation sites is 1. The Balaban J connectivity index is 1.71. The summed E-state index contributed by atoms with van der Waals surface area (Å²) in [5.41, 5.74) is 3.99. The van der Waals surface area contributed by atoms with Crippen LogP contribution < -0.4 is 18.9 Å². The molecule has 6 nitrogen and oxygen atoms in total. The number of ether oxygens (including phenoxy) is 5.